The number of ether oxygens (including phenoxy) is 1. The molecule has 0 aliphatic carbocycles. The first-order valence-electron chi connectivity index (χ1n) is 9.37. The number of aromatic nitrogens is 5. The van der Waals surface area contributed by atoms with Gasteiger partial charge in [0, 0.05) is 51.5 Å². The van der Waals surface area contributed by atoms with Crippen LogP contribution in [0.25, 0.3) is 0 Å². The minimum absolute atomic E-state index is 0.130. The number of rotatable bonds is 4. The highest BCUT2D eigenvalue weighted by Crippen LogP contribution is 2.34. The molecule has 0 amide bonds. The first kappa shape index (κ1) is 16.7. The number of piperidine rings is 1. The lowest BCUT2D eigenvalue weighted by Gasteiger charge is -2.38. The molecule has 4 heterocycles. The quantitative estimate of drug-likeness (QED) is 0.848. The summed E-state index contributed by atoms with van der Waals surface area (Å²) in [7, 11) is 4.10. The van der Waals surface area contributed by atoms with Crippen LogP contribution >= 0.6 is 0 Å². The van der Waals surface area contributed by atoms with Crippen molar-refractivity contribution in [2.45, 2.75) is 37.7 Å². The van der Waals surface area contributed by atoms with Gasteiger partial charge in [0.05, 0.1) is 0 Å². The van der Waals surface area contributed by atoms with E-state index < -0.39 is 0 Å². The molecule has 7 heteroatoms. The SMILES string of the molecule is Cn1cnnc1C1CCN(C[C@@H]2CCCO[C@H]2c2nccn2C)CC1. The van der Waals surface area contributed by atoms with Crippen LogP contribution in [0.15, 0.2) is 18.7 Å². The van der Waals surface area contributed by atoms with Crippen molar-refractivity contribution in [1.29, 1.82) is 0 Å². The van der Waals surface area contributed by atoms with Gasteiger partial charge in [-0.25, -0.2) is 4.98 Å². The molecule has 2 aromatic heterocycles. The molecule has 2 fully saturated rings. The van der Waals surface area contributed by atoms with Gasteiger partial charge in [-0.3, -0.25) is 0 Å². The van der Waals surface area contributed by atoms with Gasteiger partial charge >= 0.3 is 0 Å². The van der Waals surface area contributed by atoms with Crippen molar-refractivity contribution in [1.82, 2.24) is 29.2 Å². The molecular formula is C18H28N6O. The maximum absolute atomic E-state index is 6.12. The first-order valence-corrected chi connectivity index (χ1v) is 9.37. The number of likely N-dealkylation sites (tertiary alicyclic amines) is 1. The summed E-state index contributed by atoms with van der Waals surface area (Å²) in [5.41, 5.74) is 0. The van der Waals surface area contributed by atoms with Crippen molar-refractivity contribution in [3.05, 3.63) is 30.4 Å². The van der Waals surface area contributed by atoms with E-state index in [-0.39, 0.29) is 6.10 Å². The second-order valence-corrected chi connectivity index (χ2v) is 7.46. The topological polar surface area (TPSA) is 61.0 Å². The Labute approximate surface area is 149 Å². The zero-order valence-electron chi connectivity index (χ0n) is 15.2. The second-order valence-electron chi connectivity index (χ2n) is 7.46. The third-order valence-electron chi connectivity index (χ3n) is 5.75. The normalized spacial score (nSPS) is 26.2. The number of imidazole rings is 1. The zero-order chi connectivity index (χ0) is 17.2. The minimum atomic E-state index is 0.130. The Kier molecular flexibility index (Phi) is 4.85. The van der Waals surface area contributed by atoms with Gasteiger partial charge in [-0.05, 0) is 38.8 Å². The van der Waals surface area contributed by atoms with Crippen LogP contribution < -0.4 is 0 Å². The molecule has 2 aliphatic rings. The second kappa shape index (κ2) is 7.25. The fourth-order valence-electron chi connectivity index (χ4n) is 4.33. The predicted octanol–water partition coefficient (Wildman–Crippen LogP) is 1.90. The molecule has 0 spiro atoms. The Hall–Kier alpha value is -1.73. The lowest BCUT2D eigenvalue weighted by molar-refractivity contribution is -0.0469. The fourth-order valence-corrected chi connectivity index (χ4v) is 4.33. The van der Waals surface area contributed by atoms with E-state index in [0.717, 1.165) is 57.2 Å². The van der Waals surface area contributed by atoms with Gasteiger partial charge in [-0.1, -0.05) is 0 Å². The highest BCUT2D eigenvalue weighted by atomic mass is 16.5. The van der Waals surface area contributed by atoms with E-state index in [9.17, 15) is 0 Å². The Balaban J connectivity index is 1.37. The molecule has 4 rings (SSSR count). The number of nitrogens with zero attached hydrogens (tertiary/aromatic N) is 6. The van der Waals surface area contributed by atoms with Gasteiger partial charge in [-0.15, -0.1) is 10.2 Å². The standard InChI is InChI=1S/C18H28N6O/c1-22-10-7-19-18(22)16-15(4-3-11-25-16)12-24-8-5-14(6-9-24)17-21-20-13-23(17)2/h7,10,13-16H,3-6,8-9,11-12H2,1-2H3/t15-,16+/m0/s1. The monoisotopic (exact) mass is 344 g/mol. The molecule has 0 N–H and O–H groups in total. The van der Waals surface area contributed by atoms with Crippen molar-refractivity contribution < 1.29 is 4.74 Å². The first-order chi connectivity index (χ1) is 12.2. The van der Waals surface area contributed by atoms with E-state index in [4.69, 9.17) is 4.74 Å². The van der Waals surface area contributed by atoms with Crippen molar-refractivity contribution in [3.63, 3.8) is 0 Å². The molecule has 25 heavy (non-hydrogen) atoms. The maximum Gasteiger partial charge on any atom is 0.137 e. The minimum Gasteiger partial charge on any atom is -0.370 e. The molecule has 0 radical (unpaired) electrons. The van der Waals surface area contributed by atoms with Gasteiger partial charge in [0.25, 0.3) is 0 Å². The van der Waals surface area contributed by atoms with Gasteiger partial charge in [0.15, 0.2) is 0 Å². The molecular weight excluding hydrogens is 316 g/mol. The third-order valence-corrected chi connectivity index (χ3v) is 5.75. The summed E-state index contributed by atoms with van der Waals surface area (Å²) in [6, 6.07) is 0. The number of hydrogen-bond acceptors (Lipinski definition) is 5. The summed E-state index contributed by atoms with van der Waals surface area (Å²) in [5, 5.41) is 8.33. The van der Waals surface area contributed by atoms with E-state index in [2.05, 4.69) is 36.3 Å². The summed E-state index contributed by atoms with van der Waals surface area (Å²) in [4.78, 5) is 7.14. The van der Waals surface area contributed by atoms with E-state index >= 15 is 0 Å². The van der Waals surface area contributed by atoms with Crippen LogP contribution in [-0.2, 0) is 18.8 Å². The van der Waals surface area contributed by atoms with Gasteiger partial charge in [0.2, 0.25) is 0 Å². The fraction of sp³-hybridized carbons (Fsp3) is 0.722. The molecule has 0 bridgehead atoms. The molecule has 136 valence electrons. The molecule has 0 saturated carbocycles. The number of aryl methyl sites for hydroxylation is 2. The summed E-state index contributed by atoms with van der Waals surface area (Å²) in [5.74, 6) is 3.27. The average molecular weight is 344 g/mol. The van der Waals surface area contributed by atoms with Crippen LogP contribution in [0.5, 0.6) is 0 Å². The third kappa shape index (κ3) is 3.48. The highest BCUT2D eigenvalue weighted by molar-refractivity contribution is 5.01. The largest absolute Gasteiger partial charge is 0.370 e. The average Bonchev–Trinajstić information content (AvgIpc) is 3.24. The van der Waals surface area contributed by atoms with Crippen LogP contribution in [0.1, 0.15) is 49.4 Å². The molecule has 7 nitrogen and oxygen atoms in total. The summed E-state index contributed by atoms with van der Waals surface area (Å²) in [6.45, 7) is 4.20. The summed E-state index contributed by atoms with van der Waals surface area (Å²) < 4.78 is 10.3. The van der Waals surface area contributed by atoms with E-state index in [1.165, 1.54) is 6.42 Å². The van der Waals surface area contributed by atoms with Crippen LogP contribution in [0, 0.1) is 5.92 Å². The smallest absolute Gasteiger partial charge is 0.137 e. The number of hydrogen-bond donors (Lipinski definition) is 0. The molecule has 2 saturated heterocycles. The van der Waals surface area contributed by atoms with Crippen molar-refractivity contribution in [2.24, 2.45) is 20.0 Å². The lowest BCUT2D eigenvalue weighted by atomic mass is 9.90. The highest BCUT2D eigenvalue weighted by Gasteiger charge is 2.33. The van der Waals surface area contributed by atoms with Crippen molar-refractivity contribution >= 4 is 0 Å². The van der Waals surface area contributed by atoms with E-state index in [1.807, 2.05) is 19.4 Å². The van der Waals surface area contributed by atoms with Crippen molar-refractivity contribution in [2.75, 3.05) is 26.2 Å². The van der Waals surface area contributed by atoms with Crippen LogP contribution in [0.4, 0.5) is 0 Å². The Bertz CT molecular complexity index is 687. The predicted molar refractivity (Wildman–Crippen MR) is 94.0 cm³/mol. The Morgan fingerprint density at radius 2 is 1.96 bits per heavy atom. The van der Waals surface area contributed by atoms with Gasteiger partial charge < -0.3 is 18.8 Å². The van der Waals surface area contributed by atoms with Crippen LogP contribution in [0.3, 0.4) is 0 Å². The van der Waals surface area contributed by atoms with E-state index in [0.29, 0.717) is 11.8 Å². The van der Waals surface area contributed by atoms with Crippen LogP contribution in [-0.4, -0.2) is 55.5 Å². The Morgan fingerprint density at radius 1 is 1.12 bits per heavy atom. The van der Waals surface area contributed by atoms with Crippen molar-refractivity contribution in [3.8, 4) is 0 Å². The van der Waals surface area contributed by atoms with Gasteiger partial charge in [-0.2, -0.15) is 0 Å². The van der Waals surface area contributed by atoms with Crippen LogP contribution in [0.2, 0.25) is 0 Å². The molecule has 0 unspecified atom stereocenters. The molecule has 0 aromatic carbocycles. The zero-order valence-corrected chi connectivity index (χ0v) is 15.2. The summed E-state index contributed by atoms with van der Waals surface area (Å²) in [6.07, 6.45) is 10.5. The Morgan fingerprint density at radius 3 is 2.64 bits per heavy atom. The van der Waals surface area contributed by atoms with Gasteiger partial charge in [0.1, 0.15) is 24.1 Å². The lowest BCUT2D eigenvalue weighted by Crippen LogP contribution is -2.40. The maximum atomic E-state index is 6.12. The van der Waals surface area contributed by atoms with E-state index in [1.54, 1.807) is 6.33 Å². The summed E-state index contributed by atoms with van der Waals surface area (Å²) >= 11 is 0. The molecule has 2 aliphatic heterocycles. The molecule has 2 atom stereocenters. The molecule has 2 aromatic rings.